The lowest BCUT2D eigenvalue weighted by Crippen LogP contribution is -2.29. The molecular weight excluding hydrogens is 260 g/mol. The summed E-state index contributed by atoms with van der Waals surface area (Å²) in [5, 5.41) is 11.3. The van der Waals surface area contributed by atoms with Gasteiger partial charge in [0.15, 0.2) is 0 Å². The molecule has 0 radical (unpaired) electrons. The molecule has 3 rings (SSSR count). The van der Waals surface area contributed by atoms with E-state index in [-0.39, 0.29) is 5.63 Å². The van der Waals surface area contributed by atoms with Crippen LogP contribution in [0.4, 0.5) is 0 Å². The highest BCUT2D eigenvalue weighted by atomic mass is 16.5. The van der Waals surface area contributed by atoms with Crippen molar-refractivity contribution in [2.45, 2.75) is 26.2 Å². The van der Waals surface area contributed by atoms with Crippen molar-refractivity contribution in [2.75, 3.05) is 6.61 Å². The molecule has 0 unspecified atom stereocenters. The first-order chi connectivity index (χ1) is 9.56. The van der Waals surface area contributed by atoms with E-state index in [0.717, 1.165) is 24.0 Å². The summed E-state index contributed by atoms with van der Waals surface area (Å²) in [5.74, 6) is -0.847. The van der Waals surface area contributed by atoms with E-state index in [2.05, 4.69) is 0 Å². The first kappa shape index (κ1) is 12.7. The number of aliphatic carboxylic acids is 1. The number of hydrogen-bond donors (Lipinski definition) is 0. The highest BCUT2D eigenvalue weighted by Crippen LogP contribution is 2.34. The van der Waals surface area contributed by atoms with Gasteiger partial charge < -0.3 is 19.1 Å². The first-order valence-corrected chi connectivity index (χ1v) is 6.48. The van der Waals surface area contributed by atoms with Crippen LogP contribution in [0.5, 0.6) is 5.75 Å². The van der Waals surface area contributed by atoms with Crippen molar-refractivity contribution in [3.8, 4) is 5.75 Å². The number of carboxylic acid groups (broad SMARTS) is 1. The van der Waals surface area contributed by atoms with E-state index in [4.69, 9.17) is 9.15 Å². The van der Waals surface area contributed by atoms with E-state index in [9.17, 15) is 14.7 Å². The molecule has 5 heteroatoms. The predicted molar refractivity (Wildman–Crippen MR) is 69.7 cm³/mol. The molecule has 1 aliphatic carbocycles. The zero-order chi connectivity index (χ0) is 14.3. The molecule has 104 valence electrons. The van der Waals surface area contributed by atoms with E-state index < -0.39 is 12.6 Å². The Balaban J connectivity index is 2.25. The Bertz CT molecular complexity index is 757. The van der Waals surface area contributed by atoms with Crippen molar-refractivity contribution in [2.24, 2.45) is 0 Å². The second-order valence-electron chi connectivity index (χ2n) is 5.00. The van der Waals surface area contributed by atoms with Crippen LogP contribution in [-0.4, -0.2) is 12.6 Å². The van der Waals surface area contributed by atoms with Gasteiger partial charge in [-0.05, 0) is 49.4 Å². The number of rotatable bonds is 3. The van der Waals surface area contributed by atoms with Crippen LogP contribution in [0.25, 0.3) is 11.0 Å². The van der Waals surface area contributed by atoms with Crippen LogP contribution in [0.2, 0.25) is 0 Å². The minimum absolute atomic E-state index is 0.304. The molecule has 0 saturated heterocycles. The summed E-state index contributed by atoms with van der Waals surface area (Å²) in [6, 6.07) is 3.52. The summed E-state index contributed by atoms with van der Waals surface area (Å²) >= 11 is 0. The number of aryl methyl sites for hydroxylation is 2. The molecule has 1 heterocycles. The number of carbonyl (C=O) groups is 1. The largest absolute Gasteiger partial charge is 0.546 e. The zero-order valence-electron chi connectivity index (χ0n) is 11.0. The number of benzene rings is 1. The zero-order valence-corrected chi connectivity index (χ0v) is 11.0. The summed E-state index contributed by atoms with van der Waals surface area (Å²) in [5.41, 5.74) is 2.58. The Hall–Kier alpha value is -2.30. The van der Waals surface area contributed by atoms with Gasteiger partial charge >= 0.3 is 5.63 Å². The third-order valence-electron chi connectivity index (χ3n) is 3.52. The molecule has 0 aliphatic heterocycles. The SMILES string of the molecule is Cc1cc(OCC(=O)[O-])c2c3c(c(=O)oc2c1)CCC3. The first-order valence-electron chi connectivity index (χ1n) is 6.48. The minimum atomic E-state index is -1.28. The van der Waals surface area contributed by atoms with Gasteiger partial charge in [0.25, 0.3) is 0 Å². The van der Waals surface area contributed by atoms with Gasteiger partial charge in [0.2, 0.25) is 0 Å². The summed E-state index contributed by atoms with van der Waals surface area (Å²) in [4.78, 5) is 22.5. The molecule has 0 amide bonds. The smallest absolute Gasteiger partial charge is 0.339 e. The summed E-state index contributed by atoms with van der Waals surface area (Å²) in [6.45, 7) is 1.31. The Labute approximate surface area is 114 Å². The molecule has 0 N–H and O–H groups in total. The van der Waals surface area contributed by atoms with Gasteiger partial charge in [-0.3, -0.25) is 0 Å². The van der Waals surface area contributed by atoms with Crippen molar-refractivity contribution in [3.63, 3.8) is 0 Å². The maximum Gasteiger partial charge on any atom is 0.339 e. The van der Waals surface area contributed by atoms with Gasteiger partial charge in [0.05, 0.1) is 11.4 Å². The summed E-state index contributed by atoms with van der Waals surface area (Å²) in [7, 11) is 0. The standard InChI is InChI=1S/C15H14O5/c1-8-5-11(19-7-13(16)17)14-9-3-2-4-10(9)15(18)20-12(14)6-8/h5-6H,2-4,7H2,1H3,(H,16,17)/p-1. The highest BCUT2D eigenvalue weighted by molar-refractivity contribution is 5.89. The van der Waals surface area contributed by atoms with Crippen molar-refractivity contribution in [1.29, 1.82) is 0 Å². The quantitative estimate of drug-likeness (QED) is 0.770. The average Bonchev–Trinajstić information content (AvgIpc) is 2.85. The number of ether oxygens (including phenoxy) is 1. The third-order valence-corrected chi connectivity index (χ3v) is 3.52. The summed E-state index contributed by atoms with van der Waals surface area (Å²) < 4.78 is 10.6. The fourth-order valence-corrected chi connectivity index (χ4v) is 2.76. The second-order valence-corrected chi connectivity index (χ2v) is 5.00. The van der Waals surface area contributed by atoms with E-state index in [1.807, 2.05) is 6.92 Å². The minimum Gasteiger partial charge on any atom is -0.546 e. The Kier molecular flexibility index (Phi) is 2.97. The second kappa shape index (κ2) is 4.67. The molecule has 0 bridgehead atoms. The average molecular weight is 273 g/mol. The molecule has 1 aliphatic rings. The molecule has 1 aromatic heterocycles. The highest BCUT2D eigenvalue weighted by Gasteiger charge is 2.22. The van der Waals surface area contributed by atoms with Crippen LogP contribution >= 0.6 is 0 Å². The van der Waals surface area contributed by atoms with Gasteiger partial charge in [-0.15, -0.1) is 0 Å². The maximum absolute atomic E-state index is 11.9. The molecule has 5 nitrogen and oxygen atoms in total. The van der Waals surface area contributed by atoms with Gasteiger partial charge in [-0.2, -0.15) is 0 Å². The lowest BCUT2D eigenvalue weighted by Gasteiger charge is -2.13. The normalized spacial score (nSPS) is 13.4. The maximum atomic E-state index is 11.9. The summed E-state index contributed by atoms with van der Waals surface area (Å²) in [6.07, 6.45) is 2.37. The van der Waals surface area contributed by atoms with Crippen LogP contribution < -0.4 is 15.5 Å². The van der Waals surface area contributed by atoms with Crippen LogP contribution in [0.15, 0.2) is 21.3 Å². The Morgan fingerprint density at radius 1 is 1.35 bits per heavy atom. The van der Waals surface area contributed by atoms with Gasteiger partial charge in [0.1, 0.15) is 17.9 Å². The van der Waals surface area contributed by atoms with Crippen molar-refractivity contribution in [1.82, 2.24) is 0 Å². The van der Waals surface area contributed by atoms with Gasteiger partial charge in [0, 0.05) is 5.56 Å². The number of carboxylic acids is 1. The molecule has 0 fully saturated rings. The fourth-order valence-electron chi connectivity index (χ4n) is 2.76. The van der Waals surface area contributed by atoms with Crippen LogP contribution in [0.3, 0.4) is 0 Å². The van der Waals surface area contributed by atoms with Gasteiger partial charge in [-0.1, -0.05) is 0 Å². The Morgan fingerprint density at radius 3 is 2.85 bits per heavy atom. The van der Waals surface area contributed by atoms with E-state index in [0.29, 0.717) is 28.7 Å². The van der Waals surface area contributed by atoms with Crippen LogP contribution in [-0.2, 0) is 17.6 Å². The predicted octanol–water partition coefficient (Wildman–Crippen LogP) is 0.719. The number of carbonyl (C=O) groups excluding carboxylic acids is 1. The van der Waals surface area contributed by atoms with Crippen LogP contribution in [0.1, 0.15) is 23.1 Å². The number of fused-ring (bicyclic) bond motifs is 3. The van der Waals surface area contributed by atoms with Crippen molar-refractivity contribution >= 4 is 16.9 Å². The molecular formula is C15H13O5-. The molecule has 2 aromatic rings. The lowest BCUT2D eigenvalue weighted by molar-refractivity contribution is -0.307. The van der Waals surface area contributed by atoms with Crippen molar-refractivity contribution in [3.05, 3.63) is 39.2 Å². The fraction of sp³-hybridized carbons (Fsp3) is 0.333. The molecule has 1 aromatic carbocycles. The number of hydrogen-bond acceptors (Lipinski definition) is 5. The third kappa shape index (κ3) is 2.05. The molecule has 0 saturated carbocycles. The van der Waals surface area contributed by atoms with Crippen molar-refractivity contribution < 1.29 is 19.1 Å². The van der Waals surface area contributed by atoms with E-state index in [1.165, 1.54) is 0 Å². The molecule has 0 atom stereocenters. The van der Waals surface area contributed by atoms with E-state index >= 15 is 0 Å². The van der Waals surface area contributed by atoms with Crippen LogP contribution in [0, 0.1) is 6.92 Å². The van der Waals surface area contributed by atoms with E-state index in [1.54, 1.807) is 12.1 Å². The molecule has 0 spiro atoms. The molecule has 20 heavy (non-hydrogen) atoms. The monoisotopic (exact) mass is 273 g/mol. The topological polar surface area (TPSA) is 79.6 Å². The lowest BCUT2D eigenvalue weighted by atomic mass is 10.0. The van der Waals surface area contributed by atoms with Gasteiger partial charge in [-0.25, -0.2) is 4.79 Å². The Morgan fingerprint density at radius 2 is 2.10 bits per heavy atom.